The van der Waals surface area contributed by atoms with E-state index in [0.29, 0.717) is 25.7 Å². The summed E-state index contributed by atoms with van der Waals surface area (Å²) in [5.41, 5.74) is 0. The molecule has 81 heavy (non-hydrogen) atoms. The summed E-state index contributed by atoms with van der Waals surface area (Å²) in [6.45, 7) is 5.88. The second-order valence-corrected chi connectivity index (χ2v) is 22.7. The van der Waals surface area contributed by atoms with Gasteiger partial charge in [0, 0.05) is 19.3 Å². The summed E-state index contributed by atoms with van der Waals surface area (Å²) in [6, 6.07) is 0. The minimum atomic E-state index is -1.91. The van der Waals surface area contributed by atoms with Crippen LogP contribution in [0.5, 0.6) is 0 Å². The lowest BCUT2D eigenvalue weighted by Crippen LogP contribution is -2.61. The first-order valence-electron chi connectivity index (χ1n) is 33.3. The number of hydrogen-bond acceptors (Lipinski definition) is 11. The smallest absolute Gasteiger partial charge is 0.335 e. The van der Waals surface area contributed by atoms with Gasteiger partial charge in [0.05, 0.1) is 6.61 Å². The number of unbranched alkanes of at least 4 members (excludes halogenated alkanes) is 33. The Morgan fingerprint density at radius 1 is 0.420 bits per heavy atom. The van der Waals surface area contributed by atoms with Crippen LogP contribution in [-0.4, -0.2) is 89.2 Å². The Bertz CT molecular complexity index is 1640. The van der Waals surface area contributed by atoms with Gasteiger partial charge in [-0.15, -0.1) is 0 Å². The number of hydrogen-bond donors (Lipinski definition) is 3. The lowest BCUT2D eigenvalue weighted by atomic mass is 9.98. The minimum absolute atomic E-state index is 0.0575. The fraction of sp³-hybridized carbons (Fsp3) is 0.797. The van der Waals surface area contributed by atoms with Crippen molar-refractivity contribution in [1.82, 2.24) is 0 Å². The molecule has 1 rings (SSSR count). The molecule has 6 unspecified atom stereocenters. The summed E-state index contributed by atoms with van der Waals surface area (Å²) in [5, 5.41) is 31.6. The second kappa shape index (κ2) is 56.9. The molecule has 1 fully saturated rings. The molecule has 0 radical (unpaired) electrons. The van der Waals surface area contributed by atoms with Gasteiger partial charge in [-0.1, -0.05) is 287 Å². The van der Waals surface area contributed by atoms with Crippen LogP contribution >= 0.6 is 0 Å². The van der Waals surface area contributed by atoms with Crippen LogP contribution in [-0.2, 0) is 42.9 Å². The number of ether oxygens (including phenoxy) is 5. The number of aliphatic hydroxyl groups excluding tert-OH is 2. The Balaban J connectivity index is 2.67. The van der Waals surface area contributed by atoms with Gasteiger partial charge in [-0.2, -0.15) is 0 Å². The summed E-state index contributed by atoms with van der Waals surface area (Å²) < 4.78 is 28.5. The van der Waals surface area contributed by atoms with Gasteiger partial charge in [0.15, 0.2) is 24.6 Å². The molecule has 0 amide bonds. The van der Waals surface area contributed by atoms with E-state index in [9.17, 15) is 34.5 Å². The normalized spacial score (nSPS) is 18.1. The van der Waals surface area contributed by atoms with Crippen molar-refractivity contribution in [3.8, 4) is 0 Å². The first-order chi connectivity index (χ1) is 39.6. The Hall–Kier alpha value is -3.58. The van der Waals surface area contributed by atoms with Gasteiger partial charge in [-0.05, 0) is 57.8 Å². The average molecular weight is 1140 g/mol. The summed E-state index contributed by atoms with van der Waals surface area (Å²) in [6.07, 6.45) is 59.0. The maximum atomic E-state index is 13.2. The number of esters is 3. The van der Waals surface area contributed by atoms with E-state index in [1.165, 1.54) is 161 Å². The Labute approximate surface area is 494 Å². The highest BCUT2D eigenvalue weighted by atomic mass is 16.7. The van der Waals surface area contributed by atoms with E-state index in [4.69, 9.17) is 23.7 Å². The zero-order valence-corrected chi connectivity index (χ0v) is 51.8. The standard InChI is InChI=1S/C69H120O12/c1-4-7-10-13-16-19-22-25-28-30-31-33-35-37-40-43-46-49-52-55-61(70)77-58-60(79-62(71)56-53-50-47-44-41-39-36-32-29-26-23-20-17-14-11-8-5-2)59-78-69-67(65(74)64(73)66(81-69)68(75)76)80-63(72)57-54-51-48-45-42-38-34-27-24-21-18-15-12-9-6-3/h8,11,17,20,26,29,36,39,44,47,60,64-67,69,73-74H,4-7,9-10,12-16,18-19,21-25,27-28,30-35,37-38,40-43,45-46,48-59H2,1-3H3,(H,75,76)/b11-8-,20-17-,29-26-,39-36-,47-44-. The highest BCUT2D eigenvalue weighted by molar-refractivity contribution is 5.74. The third kappa shape index (κ3) is 46.5. The van der Waals surface area contributed by atoms with Gasteiger partial charge in [0.1, 0.15) is 18.8 Å². The van der Waals surface area contributed by atoms with Crippen LogP contribution in [0.3, 0.4) is 0 Å². The van der Waals surface area contributed by atoms with Gasteiger partial charge >= 0.3 is 23.9 Å². The molecular formula is C69H120O12. The number of carboxylic acids is 1. The van der Waals surface area contributed by atoms with Gasteiger partial charge in [-0.25, -0.2) is 4.79 Å². The zero-order chi connectivity index (χ0) is 58.9. The van der Waals surface area contributed by atoms with Crippen molar-refractivity contribution in [2.24, 2.45) is 0 Å². The van der Waals surface area contributed by atoms with Gasteiger partial charge in [0.25, 0.3) is 0 Å². The van der Waals surface area contributed by atoms with Gasteiger partial charge < -0.3 is 39.0 Å². The zero-order valence-electron chi connectivity index (χ0n) is 51.8. The summed E-state index contributed by atoms with van der Waals surface area (Å²) in [7, 11) is 0. The van der Waals surface area contributed by atoms with E-state index < -0.39 is 67.3 Å². The largest absolute Gasteiger partial charge is 0.479 e. The fourth-order valence-electron chi connectivity index (χ4n) is 10.1. The molecule has 0 aromatic carbocycles. The van der Waals surface area contributed by atoms with Gasteiger partial charge in [0.2, 0.25) is 0 Å². The van der Waals surface area contributed by atoms with E-state index in [1.807, 2.05) is 6.08 Å². The van der Waals surface area contributed by atoms with Crippen LogP contribution in [0.1, 0.15) is 303 Å². The van der Waals surface area contributed by atoms with Crippen LogP contribution in [0.25, 0.3) is 0 Å². The molecule has 0 spiro atoms. The van der Waals surface area contributed by atoms with E-state index >= 15 is 0 Å². The minimum Gasteiger partial charge on any atom is -0.479 e. The van der Waals surface area contributed by atoms with Crippen molar-refractivity contribution in [1.29, 1.82) is 0 Å². The van der Waals surface area contributed by atoms with E-state index in [0.717, 1.165) is 77.0 Å². The number of carbonyl (C=O) groups excluding carboxylic acids is 3. The maximum Gasteiger partial charge on any atom is 0.335 e. The van der Waals surface area contributed by atoms with Crippen LogP contribution < -0.4 is 0 Å². The molecule has 1 aliphatic heterocycles. The predicted molar refractivity (Wildman–Crippen MR) is 331 cm³/mol. The summed E-state index contributed by atoms with van der Waals surface area (Å²) in [4.78, 5) is 51.3. The third-order valence-electron chi connectivity index (χ3n) is 15.1. The molecule has 12 heteroatoms. The lowest BCUT2D eigenvalue weighted by Gasteiger charge is -2.40. The molecule has 1 aliphatic rings. The highest BCUT2D eigenvalue weighted by Crippen LogP contribution is 2.27. The molecule has 6 atom stereocenters. The molecular weight excluding hydrogens is 1020 g/mol. The molecule has 1 heterocycles. The monoisotopic (exact) mass is 1140 g/mol. The molecule has 468 valence electrons. The highest BCUT2D eigenvalue weighted by Gasteiger charge is 2.50. The Morgan fingerprint density at radius 3 is 1.17 bits per heavy atom. The average Bonchev–Trinajstić information content (AvgIpc) is 3.52. The summed E-state index contributed by atoms with van der Waals surface area (Å²) in [5.74, 6) is -3.17. The SMILES string of the molecule is CC/C=C\C/C=C\C/C=C\C/C=C\C/C=C\CCCC(=O)OC(COC(=O)CCCCCCCCCCCCCCCCCCCCC)COC1OC(C(=O)O)C(O)C(O)C1OC(=O)CCCCCCCCCCCCCCCCC. The molecule has 1 saturated heterocycles. The van der Waals surface area contributed by atoms with Gasteiger partial charge in [-0.3, -0.25) is 14.4 Å². The van der Waals surface area contributed by atoms with E-state index in [-0.39, 0.29) is 25.9 Å². The quantitative estimate of drug-likeness (QED) is 0.0228. The fourth-order valence-corrected chi connectivity index (χ4v) is 10.1. The molecule has 0 aliphatic carbocycles. The molecule has 0 saturated carbocycles. The maximum absolute atomic E-state index is 13.2. The van der Waals surface area contributed by atoms with E-state index in [2.05, 4.69) is 75.5 Å². The molecule has 3 N–H and O–H groups in total. The molecule has 0 aromatic rings. The van der Waals surface area contributed by atoms with Crippen LogP contribution in [0.15, 0.2) is 60.8 Å². The summed E-state index contributed by atoms with van der Waals surface area (Å²) >= 11 is 0. The number of allylic oxidation sites excluding steroid dienone is 10. The second-order valence-electron chi connectivity index (χ2n) is 22.7. The number of carbonyl (C=O) groups is 4. The van der Waals surface area contributed by atoms with Crippen molar-refractivity contribution in [2.45, 2.75) is 340 Å². The number of carboxylic acid groups (broad SMARTS) is 1. The predicted octanol–water partition coefficient (Wildman–Crippen LogP) is 17.9. The Morgan fingerprint density at radius 2 is 0.778 bits per heavy atom. The topological polar surface area (TPSA) is 175 Å². The van der Waals surface area contributed by atoms with Crippen molar-refractivity contribution < 1.29 is 58.2 Å². The Kier molecular flexibility index (Phi) is 53.0. The van der Waals surface area contributed by atoms with Crippen molar-refractivity contribution in [2.75, 3.05) is 13.2 Å². The van der Waals surface area contributed by atoms with Crippen molar-refractivity contribution in [3.63, 3.8) is 0 Å². The first-order valence-corrected chi connectivity index (χ1v) is 33.3. The van der Waals surface area contributed by atoms with Crippen molar-refractivity contribution >= 4 is 23.9 Å². The molecule has 0 bridgehead atoms. The van der Waals surface area contributed by atoms with Crippen LogP contribution in [0.2, 0.25) is 0 Å². The molecule has 0 aromatic heterocycles. The number of aliphatic carboxylic acids is 1. The van der Waals surface area contributed by atoms with Crippen LogP contribution in [0, 0.1) is 0 Å². The number of rotatable bonds is 57. The van der Waals surface area contributed by atoms with Crippen LogP contribution in [0.4, 0.5) is 0 Å². The lowest BCUT2D eigenvalue weighted by molar-refractivity contribution is -0.301. The van der Waals surface area contributed by atoms with E-state index in [1.54, 1.807) is 0 Å². The van der Waals surface area contributed by atoms with Crippen molar-refractivity contribution in [3.05, 3.63) is 60.8 Å². The third-order valence-corrected chi connectivity index (χ3v) is 15.1. The number of aliphatic hydroxyl groups is 2. The first kappa shape index (κ1) is 75.4. The molecule has 12 nitrogen and oxygen atoms in total.